The molecule has 0 amide bonds. The molecule has 0 saturated carbocycles. The first-order valence-electron chi connectivity index (χ1n) is 6.52. The van der Waals surface area contributed by atoms with E-state index < -0.39 is 12.0 Å². The molecule has 0 radical (unpaired) electrons. The van der Waals surface area contributed by atoms with Gasteiger partial charge in [-0.1, -0.05) is 17.7 Å². The van der Waals surface area contributed by atoms with E-state index in [1.54, 1.807) is 0 Å². The molecule has 1 rings (SSSR count). The summed E-state index contributed by atoms with van der Waals surface area (Å²) in [5.74, 6) is -0.621. The van der Waals surface area contributed by atoms with Crippen molar-refractivity contribution in [3.63, 3.8) is 0 Å². The van der Waals surface area contributed by atoms with Gasteiger partial charge in [0.25, 0.3) is 0 Å². The fourth-order valence-corrected chi connectivity index (χ4v) is 1.94. The van der Waals surface area contributed by atoms with Crippen LogP contribution in [0, 0.1) is 13.8 Å². The van der Waals surface area contributed by atoms with Gasteiger partial charge in [0, 0.05) is 12.1 Å². The minimum absolute atomic E-state index is 0.0529. The van der Waals surface area contributed by atoms with Crippen LogP contribution in [0.4, 0.5) is 0 Å². The van der Waals surface area contributed by atoms with Gasteiger partial charge in [-0.25, -0.2) is 0 Å². The highest BCUT2D eigenvalue weighted by molar-refractivity contribution is 6.03. The molecular weight excluding hydrogens is 258 g/mol. The lowest BCUT2D eigenvalue weighted by Crippen LogP contribution is -2.40. The second-order valence-corrected chi connectivity index (χ2v) is 4.69. The third kappa shape index (κ3) is 4.43. The number of esters is 1. The number of methoxy groups -OCH3 is 1. The van der Waals surface area contributed by atoms with E-state index in [0.29, 0.717) is 5.56 Å². The van der Waals surface area contributed by atoms with E-state index in [1.807, 2.05) is 32.0 Å². The van der Waals surface area contributed by atoms with E-state index in [4.69, 9.17) is 5.11 Å². The lowest BCUT2D eigenvalue weighted by molar-refractivity contribution is -0.141. The highest BCUT2D eigenvalue weighted by Crippen LogP contribution is 2.14. The molecule has 5 heteroatoms. The molecule has 0 aliphatic heterocycles. The van der Waals surface area contributed by atoms with Crippen molar-refractivity contribution in [1.29, 1.82) is 0 Å². The number of hydrogen-bond donors (Lipinski definition) is 2. The molecule has 0 aromatic heterocycles. The van der Waals surface area contributed by atoms with E-state index in [9.17, 15) is 9.59 Å². The van der Waals surface area contributed by atoms with Crippen molar-refractivity contribution >= 4 is 11.8 Å². The van der Waals surface area contributed by atoms with Gasteiger partial charge in [-0.3, -0.25) is 9.59 Å². The maximum absolute atomic E-state index is 12.5. The molecule has 1 aromatic rings. The summed E-state index contributed by atoms with van der Waals surface area (Å²) in [6.45, 7) is 3.91. The van der Waals surface area contributed by atoms with Gasteiger partial charge in [0.15, 0.2) is 5.78 Å². The molecule has 1 aromatic carbocycles. The molecule has 0 bridgehead atoms. The highest BCUT2D eigenvalue weighted by atomic mass is 16.5. The van der Waals surface area contributed by atoms with Crippen LogP contribution in [0.5, 0.6) is 0 Å². The first kappa shape index (κ1) is 16.3. The number of aliphatic hydroxyl groups excluding tert-OH is 1. The number of hydrogen-bond acceptors (Lipinski definition) is 5. The van der Waals surface area contributed by atoms with E-state index in [0.717, 1.165) is 11.1 Å². The van der Waals surface area contributed by atoms with Crippen LogP contribution in [0.3, 0.4) is 0 Å². The van der Waals surface area contributed by atoms with Gasteiger partial charge in [0.1, 0.15) is 0 Å². The Morgan fingerprint density at radius 3 is 2.65 bits per heavy atom. The molecule has 110 valence electrons. The Morgan fingerprint density at radius 1 is 1.35 bits per heavy atom. The predicted octanol–water partition coefficient (Wildman–Crippen LogP) is 1.000. The van der Waals surface area contributed by atoms with Gasteiger partial charge in [0.05, 0.1) is 26.2 Å². The fourth-order valence-electron chi connectivity index (χ4n) is 1.94. The van der Waals surface area contributed by atoms with Crippen LogP contribution in [0.1, 0.15) is 27.9 Å². The van der Waals surface area contributed by atoms with E-state index in [1.165, 1.54) is 7.11 Å². The van der Waals surface area contributed by atoms with Crippen molar-refractivity contribution in [2.24, 2.45) is 0 Å². The van der Waals surface area contributed by atoms with Crippen molar-refractivity contribution < 1.29 is 19.4 Å². The molecule has 0 heterocycles. The van der Waals surface area contributed by atoms with Gasteiger partial charge in [0.2, 0.25) is 0 Å². The van der Waals surface area contributed by atoms with Crippen LogP contribution in [-0.2, 0) is 9.53 Å². The normalized spacial score (nSPS) is 12.0. The number of aliphatic hydroxyl groups is 1. The monoisotopic (exact) mass is 279 g/mol. The summed E-state index contributed by atoms with van der Waals surface area (Å²) >= 11 is 0. The molecule has 0 aliphatic carbocycles. The van der Waals surface area contributed by atoms with E-state index in [2.05, 4.69) is 10.1 Å². The van der Waals surface area contributed by atoms with Gasteiger partial charge in [-0.15, -0.1) is 0 Å². The Balaban J connectivity index is 2.96. The number of carbonyl (C=O) groups is 2. The van der Waals surface area contributed by atoms with Crippen LogP contribution in [-0.4, -0.2) is 43.2 Å². The number of Topliss-reactive ketones (excluding diaryl/α,β-unsaturated/α-hetero) is 1. The molecular formula is C15H21NO4. The van der Waals surface area contributed by atoms with Gasteiger partial charge >= 0.3 is 5.97 Å². The quantitative estimate of drug-likeness (QED) is 0.575. The molecule has 1 unspecified atom stereocenters. The molecule has 2 N–H and O–H groups in total. The maximum atomic E-state index is 12.5. The average molecular weight is 279 g/mol. The Hall–Kier alpha value is -1.72. The minimum atomic E-state index is -0.685. The Kier molecular flexibility index (Phi) is 6.35. The Bertz CT molecular complexity index is 485. The molecule has 5 nitrogen and oxygen atoms in total. The zero-order valence-corrected chi connectivity index (χ0v) is 12.1. The maximum Gasteiger partial charge on any atom is 0.307 e. The minimum Gasteiger partial charge on any atom is -0.469 e. The number of benzene rings is 1. The van der Waals surface area contributed by atoms with Gasteiger partial charge in [-0.05, 0) is 25.5 Å². The van der Waals surface area contributed by atoms with Crippen molar-refractivity contribution in [2.45, 2.75) is 26.3 Å². The summed E-state index contributed by atoms with van der Waals surface area (Å²) in [6, 6.07) is 4.93. The number of rotatable bonds is 7. The second-order valence-electron chi connectivity index (χ2n) is 4.69. The van der Waals surface area contributed by atoms with Gasteiger partial charge < -0.3 is 15.2 Å². The Morgan fingerprint density at radius 2 is 2.05 bits per heavy atom. The van der Waals surface area contributed by atoms with Crippen molar-refractivity contribution in [3.8, 4) is 0 Å². The van der Waals surface area contributed by atoms with Gasteiger partial charge in [-0.2, -0.15) is 0 Å². The van der Waals surface area contributed by atoms with Crippen molar-refractivity contribution in [3.05, 3.63) is 34.9 Å². The first-order valence-corrected chi connectivity index (χ1v) is 6.52. The third-order valence-corrected chi connectivity index (χ3v) is 3.08. The van der Waals surface area contributed by atoms with Crippen LogP contribution >= 0.6 is 0 Å². The highest BCUT2D eigenvalue weighted by Gasteiger charge is 2.24. The number of nitrogens with one attached hydrogen (secondary N) is 1. The zero-order valence-electron chi connectivity index (χ0n) is 12.1. The second kappa shape index (κ2) is 7.77. The standard InChI is InChI=1S/C15H21NO4/c1-10-4-5-11(2)12(8-10)15(19)13(16-6-7-17)9-14(18)20-3/h4-5,8,13,16-17H,6-7,9H2,1-3H3. The summed E-state index contributed by atoms with van der Waals surface area (Å²) in [4.78, 5) is 23.9. The SMILES string of the molecule is COC(=O)CC(NCCO)C(=O)c1cc(C)ccc1C. The molecule has 0 saturated heterocycles. The summed E-state index contributed by atoms with van der Waals surface area (Å²) in [6.07, 6.45) is -0.0529. The molecule has 0 fully saturated rings. The van der Waals surface area contributed by atoms with Crippen molar-refractivity contribution in [1.82, 2.24) is 5.32 Å². The van der Waals surface area contributed by atoms with Crippen LogP contribution < -0.4 is 5.32 Å². The average Bonchev–Trinajstić information content (AvgIpc) is 2.44. The topological polar surface area (TPSA) is 75.6 Å². The summed E-state index contributed by atoms with van der Waals surface area (Å²) in [7, 11) is 1.29. The molecule has 20 heavy (non-hydrogen) atoms. The third-order valence-electron chi connectivity index (χ3n) is 3.08. The lowest BCUT2D eigenvalue weighted by atomic mass is 9.96. The number of ketones is 1. The number of aryl methyl sites for hydroxylation is 2. The lowest BCUT2D eigenvalue weighted by Gasteiger charge is -2.17. The molecule has 0 aliphatic rings. The van der Waals surface area contributed by atoms with Crippen LogP contribution in [0.2, 0.25) is 0 Å². The first-order chi connectivity index (χ1) is 9.49. The zero-order chi connectivity index (χ0) is 15.1. The summed E-state index contributed by atoms with van der Waals surface area (Å²) < 4.78 is 4.61. The number of carbonyl (C=O) groups excluding carboxylic acids is 2. The fraction of sp³-hybridized carbons (Fsp3) is 0.467. The smallest absolute Gasteiger partial charge is 0.307 e. The summed E-state index contributed by atoms with van der Waals surface area (Å²) in [5.41, 5.74) is 2.43. The molecule has 0 spiro atoms. The van der Waals surface area contributed by atoms with Crippen LogP contribution in [0.15, 0.2) is 18.2 Å². The van der Waals surface area contributed by atoms with Crippen LogP contribution in [0.25, 0.3) is 0 Å². The predicted molar refractivity (Wildman–Crippen MR) is 75.8 cm³/mol. The Labute approximate surface area is 118 Å². The van der Waals surface area contributed by atoms with Crippen molar-refractivity contribution in [2.75, 3.05) is 20.3 Å². The number of ether oxygens (including phenoxy) is 1. The van der Waals surface area contributed by atoms with E-state index >= 15 is 0 Å². The summed E-state index contributed by atoms with van der Waals surface area (Å²) in [5, 5.41) is 11.7. The largest absolute Gasteiger partial charge is 0.469 e. The molecule has 1 atom stereocenters. The van der Waals surface area contributed by atoms with E-state index in [-0.39, 0.29) is 25.4 Å².